The zero-order valence-corrected chi connectivity index (χ0v) is 8.66. The normalized spacial score (nSPS) is 14.9. The van der Waals surface area contributed by atoms with Crippen molar-refractivity contribution in [2.45, 2.75) is 39.2 Å². The number of aliphatic hydroxyl groups excluding tert-OH is 2. The summed E-state index contributed by atoms with van der Waals surface area (Å²) in [6.07, 6.45) is 0.706. The van der Waals surface area contributed by atoms with Crippen LogP contribution in [0.25, 0.3) is 0 Å². The minimum absolute atomic E-state index is 0.0869. The summed E-state index contributed by atoms with van der Waals surface area (Å²) in [6, 6.07) is 0. The van der Waals surface area contributed by atoms with E-state index in [1.165, 1.54) is 6.92 Å². The highest BCUT2D eigenvalue weighted by Gasteiger charge is 2.12. The number of hydrogen-bond donors (Lipinski definition) is 3. The smallest absolute Gasteiger partial charge is 0.331 e. The molecule has 0 heterocycles. The highest BCUT2D eigenvalue weighted by atomic mass is 16.4. The van der Waals surface area contributed by atoms with Gasteiger partial charge in [0.05, 0.1) is 6.10 Å². The topological polar surface area (TPSA) is 77.8 Å². The van der Waals surface area contributed by atoms with Crippen molar-refractivity contribution in [3.05, 3.63) is 11.1 Å². The van der Waals surface area contributed by atoms with Gasteiger partial charge < -0.3 is 15.3 Å². The minimum Gasteiger partial charge on any atom is -0.478 e. The summed E-state index contributed by atoms with van der Waals surface area (Å²) >= 11 is 0. The molecule has 0 aromatic heterocycles. The second-order valence-electron chi connectivity index (χ2n) is 3.27. The molecule has 0 saturated carbocycles. The van der Waals surface area contributed by atoms with Crippen LogP contribution in [-0.2, 0) is 4.79 Å². The Kier molecular flexibility index (Phi) is 6.16. The molecule has 82 valence electrons. The molecule has 0 spiro atoms. The number of carbonyl (C=O) groups is 1. The molecule has 0 amide bonds. The fourth-order valence-corrected chi connectivity index (χ4v) is 1.16. The molecule has 14 heavy (non-hydrogen) atoms. The largest absolute Gasteiger partial charge is 0.478 e. The van der Waals surface area contributed by atoms with Crippen molar-refractivity contribution in [2.75, 3.05) is 6.61 Å². The standard InChI is InChI=1S/C10H18O4/c1-3-9(12)6-8(4-5-11)7(2)10(13)14/h9,11-12H,3-6H2,1-2H3,(H,13,14). The summed E-state index contributed by atoms with van der Waals surface area (Å²) in [6.45, 7) is 3.24. The Morgan fingerprint density at radius 2 is 2.00 bits per heavy atom. The average Bonchev–Trinajstić information content (AvgIpc) is 2.15. The van der Waals surface area contributed by atoms with Gasteiger partial charge in [0.2, 0.25) is 0 Å². The summed E-state index contributed by atoms with van der Waals surface area (Å²) in [5.74, 6) is -0.989. The van der Waals surface area contributed by atoms with Gasteiger partial charge in [-0.2, -0.15) is 0 Å². The lowest BCUT2D eigenvalue weighted by Gasteiger charge is -2.12. The Morgan fingerprint density at radius 1 is 1.43 bits per heavy atom. The number of aliphatic carboxylic acids is 1. The van der Waals surface area contributed by atoms with Crippen LogP contribution in [-0.4, -0.2) is 34.0 Å². The van der Waals surface area contributed by atoms with Gasteiger partial charge in [0, 0.05) is 12.2 Å². The Labute approximate surface area is 83.9 Å². The highest BCUT2D eigenvalue weighted by Crippen LogP contribution is 2.16. The number of aliphatic hydroxyl groups is 2. The summed E-state index contributed by atoms with van der Waals surface area (Å²) < 4.78 is 0. The van der Waals surface area contributed by atoms with Gasteiger partial charge >= 0.3 is 5.97 Å². The van der Waals surface area contributed by atoms with Crippen molar-refractivity contribution in [3.63, 3.8) is 0 Å². The predicted molar refractivity (Wildman–Crippen MR) is 53.0 cm³/mol. The van der Waals surface area contributed by atoms with E-state index in [1.807, 2.05) is 6.92 Å². The van der Waals surface area contributed by atoms with Gasteiger partial charge in [-0.3, -0.25) is 0 Å². The van der Waals surface area contributed by atoms with Gasteiger partial charge in [0.1, 0.15) is 0 Å². The zero-order valence-electron chi connectivity index (χ0n) is 8.66. The molecule has 0 bridgehead atoms. The van der Waals surface area contributed by atoms with Crippen LogP contribution in [0, 0.1) is 0 Å². The van der Waals surface area contributed by atoms with Gasteiger partial charge in [0.15, 0.2) is 0 Å². The molecule has 1 unspecified atom stereocenters. The van der Waals surface area contributed by atoms with Crippen LogP contribution in [0.3, 0.4) is 0 Å². The van der Waals surface area contributed by atoms with E-state index in [4.69, 9.17) is 10.2 Å². The second kappa shape index (κ2) is 6.56. The van der Waals surface area contributed by atoms with Crippen LogP contribution in [0.4, 0.5) is 0 Å². The minimum atomic E-state index is -0.989. The van der Waals surface area contributed by atoms with Crippen molar-refractivity contribution in [3.8, 4) is 0 Å². The van der Waals surface area contributed by atoms with E-state index in [0.29, 0.717) is 24.8 Å². The van der Waals surface area contributed by atoms with Crippen molar-refractivity contribution >= 4 is 5.97 Å². The van der Waals surface area contributed by atoms with Crippen LogP contribution in [0.15, 0.2) is 11.1 Å². The monoisotopic (exact) mass is 202 g/mol. The molecule has 0 radical (unpaired) electrons. The quantitative estimate of drug-likeness (QED) is 0.560. The molecule has 4 nitrogen and oxygen atoms in total. The number of carboxylic acids is 1. The van der Waals surface area contributed by atoms with E-state index < -0.39 is 12.1 Å². The lowest BCUT2D eigenvalue weighted by atomic mass is 9.99. The molecule has 0 aliphatic heterocycles. The van der Waals surface area contributed by atoms with Crippen molar-refractivity contribution < 1.29 is 20.1 Å². The maximum atomic E-state index is 10.7. The second-order valence-corrected chi connectivity index (χ2v) is 3.27. The van der Waals surface area contributed by atoms with Gasteiger partial charge in [-0.15, -0.1) is 0 Å². The Hall–Kier alpha value is -0.870. The molecule has 4 heteroatoms. The molecule has 0 aliphatic rings. The predicted octanol–water partition coefficient (Wildman–Crippen LogP) is 0.931. The van der Waals surface area contributed by atoms with Crippen molar-refractivity contribution in [1.29, 1.82) is 0 Å². The Balaban J connectivity index is 4.57. The van der Waals surface area contributed by atoms with Crippen LogP contribution >= 0.6 is 0 Å². The highest BCUT2D eigenvalue weighted by molar-refractivity contribution is 5.86. The third-order valence-corrected chi connectivity index (χ3v) is 2.22. The van der Waals surface area contributed by atoms with Crippen molar-refractivity contribution in [1.82, 2.24) is 0 Å². The van der Waals surface area contributed by atoms with E-state index in [0.717, 1.165) is 0 Å². The maximum absolute atomic E-state index is 10.7. The Morgan fingerprint density at radius 3 is 2.36 bits per heavy atom. The first-order chi connectivity index (χ1) is 6.52. The van der Waals surface area contributed by atoms with Crippen molar-refractivity contribution in [2.24, 2.45) is 0 Å². The molecular weight excluding hydrogens is 184 g/mol. The summed E-state index contributed by atoms with van der Waals surface area (Å²) in [7, 11) is 0. The van der Waals surface area contributed by atoms with Crippen LogP contribution in [0.5, 0.6) is 0 Å². The van der Waals surface area contributed by atoms with Crippen LogP contribution < -0.4 is 0 Å². The van der Waals surface area contributed by atoms with Gasteiger partial charge in [0.25, 0.3) is 0 Å². The molecule has 0 aromatic carbocycles. The van der Waals surface area contributed by atoms with Gasteiger partial charge in [-0.25, -0.2) is 4.79 Å². The molecule has 0 fully saturated rings. The average molecular weight is 202 g/mol. The van der Waals surface area contributed by atoms with Gasteiger partial charge in [-0.05, 0) is 26.2 Å². The number of carboxylic acid groups (broad SMARTS) is 1. The van der Waals surface area contributed by atoms with E-state index >= 15 is 0 Å². The van der Waals surface area contributed by atoms with Crippen LogP contribution in [0.1, 0.15) is 33.1 Å². The molecule has 3 N–H and O–H groups in total. The fraction of sp³-hybridized carbons (Fsp3) is 0.700. The summed E-state index contributed by atoms with van der Waals surface area (Å²) in [4.78, 5) is 10.7. The molecule has 1 atom stereocenters. The lowest BCUT2D eigenvalue weighted by molar-refractivity contribution is -0.132. The zero-order chi connectivity index (χ0) is 11.1. The van der Waals surface area contributed by atoms with E-state index in [1.54, 1.807) is 0 Å². The third-order valence-electron chi connectivity index (χ3n) is 2.22. The molecule has 0 rings (SSSR count). The first-order valence-electron chi connectivity index (χ1n) is 4.73. The molecule has 0 aromatic rings. The fourth-order valence-electron chi connectivity index (χ4n) is 1.16. The summed E-state index contributed by atoms with van der Waals surface area (Å²) in [5, 5.41) is 26.9. The maximum Gasteiger partial charge on any atom is 0.331 e. The molecule has 0 saturated heterocycles. The molecule has 0 aliphatic carbocycles. The van der Waals surface area contributed by atoms with E-state index in [-0.39, 0.29) is 12.2 Å². The Bertz CT molecular complexity index is 220. The van der Waals surface area contributed by atoms with E-state index in [2.05, 4.69) is 0 Å². The number of hydrogen-bond acceptors (Lipinski definition) is 3. The van der Waals surface area contributed by atoms with Gasteiger partial charge in [-0.1, -0.05) is 12.5 Å². The SMILES string of the molecule is CCC(O)CC(CCO)=C(C)C(=O)O. The van der Waals surface area contributed by atoms with Crippen LogP contribution in [0.2, 0.25) is 0 Å². The van der Waals surface area contributed by atoms with E-state index in [9.17, 15) is 9.90 Å². The molecular formula is C10H18O4. The first-order valence-corrected chi connectivity index (χ1v) is 4.73. The third kappa shape index (κ3) is 4.39. The summed E-state index contributed by atoms with van der Waals surface area (Å²) in [5.41, 5.74) is 0.848. The number of rotatable bonds is 6. The first kappa shape index (κ1) is 13.1. The lowest BCUT2D eigenvalue weighted by Crippen LogP contribution is -2.11.